The van der Waals surface area contributed by atoms with Crippen molar-refractivity contribution in [3.05, 3.63) is 47.7 Å². The molecule has 3 heterocycles. The van der Waals surface area contributed by atoms with Crippen molar-refractivity contribution >= 4 is 5.78 Å². The van der Waals surface area contributed by atoms with Crippen molar-refractivity contribution in [1.82, 2.24) is 25.1 Å². The lowest BCUT2D eigenvalue weighted by atomic mass is 9.44. The van der Waals surface area contributed by atoms with Gasteiger partial charge in [0.1, 0.15) is 30.7 Å². The molecule has 12 aliphatic carbocycles. The molecule has 88 heavy (non-hydrogen) atoms. The molecule has 12 heteroatoms. The standard InChI is InChI=1S/C26H41N3O3.C25H39NO2.C24H37NO2.CH4/c1-17(2)32-14-26-11-8-19(30)12-18(26)4-5-20-21-6-7-23(25(21,3)10-9-22(20)26)24(31)13-29-16-27-15-28-29;1-5-17-14-22(26-28-17)21-9-8-19-18-7-6-16-15-23(2,27)12-13-24(16,3)20(18)10-11-25(19,21)4;1-4-16-13-22(25-27-16)21-8-7-20-19-6-5-15-14-23(2,26)11-9-17(15)18(19)10-12-24(20,21)3;/h15-23,30H,4-14H2,1-3H3;14,16,18-21,27H,5-13,15H2,1-4H3;13,15,17-21,26H,4-12,14H2,1-3H3;1H4/t18-,19-,20+,21+,22+,23-,25+,26-;16-,18-,19-,20-,21+,23+,24-,25-;15-,17+,18-,19-,20+,21-,23-,24+;/m101./s1. The van der Waals surface area contributed by atoms with Crippen LogP contribution in [0.3, 0.4) is 0 Å². The van der Waals surface area contributed by atoms with E-state index < -0.39 is 11.2 Å². The number of hydrogen-bond acceptors (Lipinski definition) is 11. The highest BCUT2D eigenvalue weighted by atomic mass is 16.5. The van der Waals surface area contributed by atoms with Gasteiger partial charge in [-0.2, -0.15) is 5.10 Å². The summed E-state index contributed by atoms with van der Waals surface area (Å²) in [5.41, 5.74) is 3.22. The van der Waals surface area contributed by atoms with Gasteiger partial charge in [0.25, 0.3) is 0 Å². The highest BCUT2D eigenvalue weighted by Crippen LogP contribution is 2.72. The topological polar surface area (TPSA) is 170 Å². The van der Waals surface area contributed by atoms with Crippen LogP contribution in [0.4, 0.5) is 0 Å². The molecule has 0 spiro atoms. The first kappa shape index (κ1) is 65.1. The Morgan fingerprint density at radius 2 is 1.16 bits per heavy atom. The van der Waals surface area contributed by atoms with E-state index in [4.69, 9.17) is 13.8 Å². The molecule has 3 aromatic heterocycles. The summed E-state index contributed by atoms with van der Waals surface area (Å²) < 4.78 is 19.2. The van der Waals surface area contributed by atoms with E-state index in [1.54, 1.807) is 11.0 Å². The number of ether oxygens (including phenoxy) is 1. The summed E-state index contributed by atoms with van der Waals surface area (Å²) in [5.74, 6) is 14.0. The predicted molar refractivity (Wildman–Crippen MR) is 346 cm³/mol. The van der Waals surface area contributed by atoms with Gasteiger partial charge >= 0.3 is 0 Å². The second kappa shape index (κ2) is 24.8. The Morgan fingerprint density at radius 1 is 0.591 bits per heavy atom. The fourth-order valence-electron chi connectivity index (χ4n) is 25.5. The maximum absolute atomic E-state index is 13.3. The monoisotopic (exact) mass is 1220 g/mol. The molecule has 24 atom stereocenters. The minimum Gasteiger partial charge on any atom is -0.393 e. The van der Waals surface area contributed by atoms with Crippen LogP contribution >= 0.6 is 0 Å². The number of hydrogen-bond donors (Lipinski definition) is 3. The third-order valence-electron chi connectivity index (χ3n) is 30.0. The van der Waals surface area contributed by atoms with Crippen molar-refractivity contribution < 1.29 is 33.9 Å². The Morgan fingerprint density at radius 3 is 1.81 bits per heavy atom. The number of Topliss-reactive ketones (excluding diaryl/α,β-unsaturated/α-hetero) is 1. The van der Waals surface area contributed by atoms with E-state index >= 15 is 0 Å². The Balaban J connectivity index is 0.000000128. The first-order valence-corrected chi connectivity index (χ1v) is 36.5. The van der Waals surface area contributed by atoms with Gasteiger partial charge in [-0.15, -0.1) is 0 Å². The molecule has 12 fully saturated rings. The first-order valence-electron chi connectivity index (χ1n) is 36.5. The summed E-state index contributed by atoms with van der Waals surface area (Å²) in [5, 5.41) is 44.8. The molecule has 3 aromatic rings. The molecular formula is C76H121N5O7. The Hall–Kier alpha value is -2.93. The zero-order valence-electron chi connectivity index (χ0n) is 55.8. The van der Waals surface area contributed by atoms with E-state index in [1.807, 2.05) is 0 Å². The van der Waals surface area contributed by atoms with E-state index in [0.717, 1.165) is 142 Å². The van der Waals surface area contributed by atoms with Gasteiger partial charge in [-0.05, 0) is 305 Å². The lowest BCUT2D eigenvalue weighted by Crippen LogP contribution is -2.57. The number of fused-ring (bicyclic) bond motifs is 15. The Kier molecular flexibility index (Phi) is 18.3. The number of carbonyl (C=O) groups is 1. The summed E-state index contributed by atoms with van der Waals surface area (Å²) in [4.78, 5) is 17.3. The number of aliphatic hydroxyl groups is 3. The fraction of sp³-hybridized carbons (Fsp3) is 0.882. The van der Waals surface area contributed by atoms with Crippen molar-refractivity contribution in [3.63, 3.8) is 0 Å². The fourth-order valence-corrected chi connectivity index (χ4v) is 25.5. The molecule has 0 bridgehead atoms. The second-order valence-electron chi connectivity index (χ2n) is 34.4. The van der Waals surface area contributed by atoms with Crippen molar-refractivity contribution in [1.29, 1.82) is 0 Å². The van der Waals surface area contributed by atoms with Crippen LogP contribution < -0.4 is 0 Å². The second-order valence-corrected chi connectivity index (χ2v) is 34.4. The summed E-state index contributed by atoms with van der Waals surface area (Å²) >= 11 is 0. The molecule has 0 aromatic carbocycles. The molecule has 0 amide bonds. The van der Waals surface area contributed by atoms with Crippen LogP contribution in [0.25, 0.3) is 0 Å². The van der Waals surface area contributed by atoms with Gasteiger partial charge in [-0.1, -0.05) is 59.3 Å². The van der Waals surface area contributed by atoms with Gasteiger partial charge in [-0.25, -0.2) is 9.67 Å². The van der Waals surface area contributed by atoms with Crippen LogP contribution in [-0.4, -0.2) is 76.2 Å². The van der Waals surface area contributed by atoms with E-state index in [-0.39, 0.29) is 36.4 Å². The maximum Gasteiger partial charge on any atom is 0.157 e. The number of carbonyl (C=O) groups excluding carboxylic acids is 1. The highest BCUT2D eigenvalue weighted by Gasteiger charge is 2.65. The molecule has 12 aliphatic rings. The van der Waals surface area contributed by atoms with Crippen LogP contribution in [0.5, 0.6) is 0 Å². The van der Waals surface area contributed by atoms with Crippen LogP contribution in [0.1, 0.15) is 285 Å². The molecule has 15 rings (SSSR count). The summed E-state index contributed by atoms with van der Waals surface area (Å²) in [6.07, 6.45) is 38.0. The van der Waals surface area contributed by atoms with Gasteiger partial charge < -0.3 is 29.1 Å². The van der Waals surface area contributed by atoms with E-state index in [0.29, 0.717) is 64.1 Å². The number of rotatable bonds is 10. The largest absolute Gasteiger partial charge is 0.393 e. The lowest BCUT2D eigenvalue weighted by molar-refractivity contribution is -0.170. The maximum atomic E-state index is 13.3. The number of aryl methyl sites for hydroxylation is 2. The van der Waals surface area contributed by atoms with Crippen LogP contribution in [0, 0.1) is 110 Å². The predicted octanol–water partition coefficient (Wildman–Crippen LogP) is 16.7. The van der Waals surface area contributed by atoms with Gasteiger partial charge in [0.05, 0.1) is 41.4 Å². The van der Waals surface area contributed by atoms with Gasteiger partial charge in [-0.3, -0.25) is 4.79 Å². The zero-order valence-corrected chi connectivity index (χ0v) is 55.8. The molecule has 0 aliphatic heterocycles. The molecule has 12 nitrogen and oxygen atoms in total. The molecule has 3 N–H and O–H groups in total. The normalized spacial score (nSPS) is 47.1. The quantitative estimate of drug-likeness (QED) is 0.177. The first-order chi connectivity index (χ1) is 41.5. The average molecular weight is 1220 g/mol. The zero-order chi connectivity index (χ0) is 61.1. The average Bonchev–Trinajstić information content (AvgIpc) is 1.47. The number of aliphatic hydroxyl groups excluding tert-OH is 1. The smallest absolute Gasteiger partial charge is 0.157 e. The molecule has 0 radical (unpaired) electrons. The molecule has 492 valence electrons. The highest BCUT2D eigenvalue weighted by molar-refractivity contribution is 5.82. The van der Waals surface area contributed by atoms with E-state index in [1.165, 1.54) is 133 Å². The molecular weight excluding hydrogens is 1090 g/mol. The number of nitrogens with zero attached hydrogens (tertiary/aromatic N) is 5. The van der Waals surface area contributed by atoms with Crippen LogP contribution in [0.2, 0.25) is 0 Å². The number of aromatic nitrogens is 5. The summed E-state index contributed by atoms with van der Waals surface area (Å²) in [6.45, 7) is 24.1. The van der Waals surface area contributed by atoms with Crippen LogP contribution in [-0.2, 0) is 28.9 Å². The molecule has 0 unspecified atom stereocenters. The van der Waals surface area contributed by atoms with Crippen LogP contribution in [0.15, 0.2) is 33.8 Å². The van der Waals surface area contributed by atoms with Crippen molar-refractivity contribution in [2.45, 2.75) is 305 Å². The summed E-state index contributed by atoms with van der Waals surface area (Å²) in [6, 6.07) is 4.48. The van der Waals surface area contributed by atoms with E-state index in [9.17, 15) is 20.1 Å². The molecule has 12 saturated carbocycles. The summed E-state index contributed by atoms with van der Waals surface area (Å²) in [7, 11) is 0. The van der Waals surface area contributed by atoms with Gasteiger partial charge in [0.15, 0.2) is 5.78 Å². The van der Waals surface area contributed by atoms with Crippen molar-refractivity contribution in [2.75, 3.05) is 6.61 Å². The van der Waals surface area contributed by atoms with E-state index in [2.05, 4.69) is 102 Å². The SMILES string of the molecule is C.CC(C)OC[C@]12CC[C@@H](O)C[C@H]1CC[C@H]1[C@@H]3CC[C@H](C(=O)Cn4cncn4)[C@@]3(C)CC[C@@H]12.CCc1cc([C@H]2CC[C@H]3[C@@H]4CC[C@@H]5C[C@](C)(O)CC[C@@H]5[C@H]4CC[C@]23C)no1.CCc1cc([C@H]2CC[C@H]3[C@@H]4CC[C@H]5C[C@](C)(O)CC[C@]5(C)[C@H]4CC[C@]23C)no1. The van der Waals surface area contributed by atoms with Crippen molar-refractivity contribution in [2.24, 2.45) is 110 Å². The lowest BCUT2D eigenvalue weighted by Gasteiger charge is -2.61. The third kappa shape index (κ3) is 11.4. The third-order valence-corrected chi connectivity index (χ3v) is 30.0. The Labute approximate surface area is 531 Å². The number of ketones is 1. The minimum absolute atomic E-state index is 0. The molecule has 0 saturated heterocycles. The Bertz CT molecular complexity index is 2840. The minimum atomic E-state index is -0.428. The van der Waals surface area contributed by atoms with Gasteiger partial charge in [0.2, 0.25) is 0 Å². The van der Waals surface area contributed by atoms with Crippen molar-refractivity contribution in [3.8, 4) is 0 Å². The van der Waals surface area contributed by atoms with Gasteiger partial charge in [0, 0.05) is 42.7 Å².